The fraction of sp³-hybridized carbons (Fsp3) is 0.300. The zero-order valence-corrected chi connectivity index (χ0v) is 15.8. The largest absolute Gasteiger partial charge is 0.496 e. The number of hydrogen-bond acceptors (Lipinski definition) is 4. The van der Waals surface area contributed by atoms with Gasteiger partial charge in [0.1, 0.15) is 11.5 Å². The zero-order valence-electron chi connectivity index (χ0n) is 15.8. The first-order valence-electron chi connectivity index (χ1n) is 8.57. The van der Waals surface area contributed by atoms with Crippen LogP contribution in [0.25, 0.3) is 0 Å². The van der Waals surface area contributed by atoms with E-state index in [4.69, 9.17) is 4.74 Å². The van der Waals surface area contributed by atoms with Gasteiger partial charge < -0.3 is 20.1 Å². The molecule has 2 aromatic rings. The van der Waals surface area contributed by atoms with Crippen molar-refractivity contribution in [2.75, 3.05) is 13.7 Å². The van der Waals surface area contributed by atoms with Crippen molar-refractivity contribution < 1.29 is 27.8 Å². The lowest BCUT2D eigenvalue weighted by atomic mass is 10.0. The average Bonchev–Trinajstić information content (AvgIpc) is 2.66. The second-order valence-electron chi connectivity index (χ2n) is 6.09. The second kappa shape index (κ2) is 9.68. The van der Waals surface area contributed by atoms with Crippen LogP contribution in [0.1, 0.15) is 34.5 Å². The number of carbonyl (C=O) groups is 2. The van der Waals surface area contributed by atoms with Gasteiger partial charge in [-0.3, -0.25) is 9.59 Å². The van der Waals surface area contributed by atoms with E-state index in [0.29, 0.717) is 5.75 Å². The molecule has 0 bridgehead atoms. The van der Waals surface area contributed by atoms with Gasteiger partial charge in [0.2, 0.25) is 5.91 Å². The number of rotatable bonds is 8. The zero-order chi connectivity index (χ0) is 20.7. The minimum atomic E-state index is -3.05. The molecule has 0 saturated heterocycles. The summed E-state index contributed by atoms with van der Waals surface area (Å²) in [5.74, 6) is -0.738. The molecular weight excluding hydrogens is 370 g/mol. The second-order valence-corrected chi connectivity index (χ2v) is 6.09. The monoisotopic (exact) mass is 392 g/mol. The van der Waals surface area contributed by atoms with Crippen molar-refractivity contribution in [1.29, 1.82) is 0 Å². The number of amides is 2. The summed E-state index contributed by atoms with van der Waals surface area (Å²) < 4.78 is 34.5. The fourth-order valence-corrected chi connectivity index (χ4v) is 2.67. The Hall–Kier alpha value is -3.16. The molecule has 0 unspecified atom stereocenters. The van der Waals surface area contributed by atoms with Gasteiger partial charge in [-0.1, -0.05) is 29.8 Å². The number of ether oxygens (including phenoxy) is 2. The summed E-state index contributed by atoms with van der Waals surface area (Å²) in [6.07, 6.45) is 0. The van der Waals surface area contributed by atoms with Crippen LogP contribution in [0.2, 0.25) is 0 Å². The SMILES string of the molecule is COc1ccc(C)cc1[C@@H](C)NC(=O)CNC(=O)c1ccccc1OC(F)F. The van der Waals surface area contributed by atoms with E-state index in [2.05, 4.69) is 15.4 Å². The summed E-state index contributed by atoms with van der Waals surface area (Å²) in [5, 5.41) is 5.17. The van der Waals surface area contributed by atoms with Crippen molar-refractivity contribution in [1.82, 2.24) is 10.6 Å². The van der Waals surface area contributed by atoms with Crippen LogP contribution in [0.15, 0.2) is 42.5 Å². The van der Waals surface area contributed by atoms with Gasteiger partial charge in [0, 0.05) is 5.56 Å². The van der Waals surface area contributed by atoms with Gasteiger partial charge in [-0.2, -0.15) is 8.78 Å². The number of alkyl halides is 2. The number of benzene rings is 2. The van der Waals surface area contributed by atoms with E-state index in [9.17, 15) is 18.4 Å². The Morgan fingerprint density at radius 1 is 1.11 bits per heavy atom. The van der Waals surface area contributed by atoms with E-state index >= 15 is 0 Å². The number of halogens is 2. The summed E-state index contributed by atoms with van der Waals surface area (Å²) in [6, 6.07) is 10.8. The Morgan fingerprint density at radius 2 is 1.82 bits per heavy atom. The van der Waals surface area contributed by atoms with Crippen LogP contribution in [-0.4, -0.2) is 32.1 Å². The van der Waals surface area contributed by atoms with E-state index in [-0.39, 0.29) is 23.9 Å². The van der Waals surface area contributed by atoms with Crippen molar-refractivity contribution in [2.24, 2.45) is 0 Å². The Morgan fingerprint density at radius 3 is 2.50 bits per heavy atom. The summed E-state index contributed by atoms with van der Waals surface area (Å²) in [7, 11) is 1.54. The predicted octanol–water partition coefficient (Wildman–Crippen LogP) is 3.21. The molecule has 0 saturated carbocycles. The summed E-state index contributed by atoms with van der Waals surface area (Å²) in [5.41, 5.74) is 1.74. The summed E-state index contributed by atoms with van der Waals surface area (Å²) >= 11 is 0. The van der Waals surface area contributed by atoms with Crippen molar-refractivity contribution in [2.45, 2.75) is 26.5 Å². The van der Waals surface area contributed by atoms with Gasteiger partial charge in [0.25, 0.3) is 5.91 Å². The highest BCUT2D eigenvalue weighted by molar-refractivity contribution is 5.98. The summed E-state index contributed by atoms with van der Waals surface area (Å²) in [4.78, 5) is 24.4. The molecule has 0 aliphatic carbocycles. The van der Waals surface area contributed by atoms with Crippen LogP contribution >= 0.6 is 0 Å². The van der Waals surface area contributed by atoms with Crippen molar-refractivity contribution in [3.63, 3.8) is 0 Å². The van der Waals surface area contributed by atoms with E-state index < -0.39 is 18.4 Å². The number of nitrogens with one attached hydrogen (secondary N) is 2. The Bertz CT molecular complexity index is 843. The number of aryl methyl sites for hydroxylation is 1. The molecule has 0 spiro atoms. The first-order chi connectivity index (χ1) is 13.3. The maximum atomic E-state index is 12.4. The van der Waals surface area contributed by atoms with E-state index in [1.165, 1.54) is 24.3 Å². The third-order valence-electron chi connectivity index (χ3n) is 3.99. The molecule has 2 aromatic carbocycles. The third-order valence-corrected chi connectivity index (χ3v) is 3.99. The van der Waals surface area contributed by atoms with Crippen LogP contribution in [0.4, 0.5) is 8.78 Å². The molecule has 150 valence electrons. The molecule has 1 atom stereocenters. The van der Waals surface area contributed by atoms with Gasteiger partial charge in [-0.25, -0.2) is 0 Å². The maximum absolute atomic E-state index is 12.4. The molecule has 0 aliphatic rings. The minimum Gasteiger partial charge on any atom is -0.496 e. The molecule has 2 amide bonds. The van der Waals surface area contributed by atoms with Crippen LogP contribution in [0, 0.1) is 6.92 Å². The van der Waals surface area contributed by atoms with Gasteiger partial charge in [0.05, 0.1) is 25.3 Å². The lowest BCUT2D eigenvalue weighted by Gasteiger charge is -2.18. The van der Waals surface area contributed by atoms with Gasteiger partial charge >= 0.3 is 6.61 Å². The number of hydrogen-bond donors (Lipinski definition) is 2. The normalized spacial score (nSPS) is 11.6. The molecule has 0 aromatic heterocycles. The number of methoxy groups -OCH3 is 1. The van der Waals surface area contributed by atoms with Crippen molar-refractivity contribution >= 4 is 11.8 Å². The number of para-hydroxylation sites is 1. The van der Waals surface area contributed by atoms with Gasteiger partial charge in [-0.15, -0.1) is 0 Å². The Labute approximate surface area is 161 Å². The molecule has 8 heteroatoms. The molecule has 2 rings (SSSR count). The maximum Gasteiger partial charge on any atom is 0.387 e. The van der Waals surface area contributed by atoms with Crippen LogP contribution in [-0.2, 0) is 4.79 Å². The molecule has 2 N–H and O–H groups in total. The number of carbonyl (C=O) groups excluding carboxylic acids is 2. The minimum absolute atomic E-state index is 0.0796. The lowest BCUT2D eigenvalue weighted by Crippen LogP contribution is -2.38. The van der Waals surface area contributed by atoms with Crippen molar-refractivity contribution in [3.8, 4) is 11.5 Å². The van der Waals surface area contributed by atoms with Crippen molar-refractivity contribution in [3.05, 3.63) is 59.2 Å². The molecule has 6 nitrogen and oxygen atoms in total. The highest BCUT2D eigenvalue weighted by Gasteiger charge is 2.18. The van der Waals surface area contributed by atoms with E-state index in [1.54, 1.807) is 14.0 Å². The standard InChI is InChI=1S/C20H22F2N2O4/c1-12-8-9-16(27-3)15(10-12)13(2)24-18(25)11-23-19(26)14-6-4-5-7-17(14)28-20(21)22/h4-10,13,20H,11H2,1-3H3,(H,23,26)(H,24,25)/t13-/m1/s1. The lowest BCUT2D eigenvalue weighted by molar-refractivity contribution is -0.120. The molecule has 0 heterocycles. The van der Waals surface area contributed by atoms with Gasteiger partial charge in [0.15, 0.2) is 0 Å². The first kappa shape index (κ1) is 21.1. The summed E-state index contributed by atoms with van der Waals surface area (Å²) in [6.45, 7) is 0.349. The quantitative estimate of drug-likeness (QED) is 0.723. The van der Waals surface area contributed by atoms with E-state index in [0.717, 1.165) is 11.1 Å². The third kappa shape index (κ3) is 5.67. The van der Waals surface area contributed by atoms with Crippen LogP contribution < -0.4 is 20.1 Å². The molecular formula is C20H22F2N2O4. The van der Waals surface area contributed by atoms with Crippen LogP contribution in [0.5, 0.6) is 11.5 Å². The van der Waals surface area contributed by atoms with E-state index in [1.807, 2.05) is 25.1 Å². The predicted molar refractivity (Wildman–Crippen MR) is 99.7 cm³/mol. The fourth-order valence-electron chi connectivity index (χ4n) is 2.67. The highest BCUT2D eigenvalue weighted by Crippen LogP contribution is 2.26. The topological polar surface area (TPSA) is 76.7 Å². The highest BCUT2D eigenvalue weighted by atomic mass is 19.3. The smallest absolute Gasteiger partial charge is 0.387 e. The van der Waals surface area contributed by atoms with Crippen LogP contribution in [0.3, 0.4) is 0 Å². The first-order valence-corrected chi connectivity index (χ1v) is 8.57. The average molecular weight is 392 g/mol. The molecule has 28 heavy (non-hydrogen) atoms. The Kier molecular flexibility index (Phi) is 7.31. The molecule has 0 fully saturated rings. The Balaban J connectivity index is 1.98. The van der Waals surface area contributed by atoms with Gasteiger partial charge in [-0.05, 0) is 32.0 Å². The molecule has 0 radical (unpaired) electrons. The molecule has 0 aliphatic heterocycles.